The summed E-state index contributed by atoms with van der Waals surface area (Å²) in [5.41, 5.74) is 1.14. The fourth-order valence-corrected chi connectivity index (χ4v) is 5.58. The van der Waals surface area contributed by atoms with Crippen LogP contribution in [0.3, 0.4) is 0 Å². The normalized spacial score (nSPS) is 25.2. The van der Waals surface area contributed by atoms with Gasteiger partial charge in [0.2, 0.25) is 0 Å². The zero-order chi connectivity index (χ0) is 20.2. The molecular weight excluding hydrogens is 386 g/mol. The monoisotopic (exact) mass is 417 g/mol. The molecule has 2 N–H and O–H groups in total. The van der Waals surface area contributed by atoms with Gasteiger partial charge in [-0.3, -0.25) is 4.79 Å². The smallest absolute Gasteiger partial charge is 0.319 e. The number of benzene rings is 1. The van der Waals surface area contributed by atoms with Crippen LogP contribution in [0.25, 0.3) is 0 Å². The molecule has 29 heavy (non-hydrogen) atoms. The highest BCUT2D eigenvalue weighted by Gasteiger charge is 2.33. The van der Waals surface area contributed by atoms with Crippen molar-refractivity contribution in [3.05, 3.63) is 28.8 Å². The maximum atomic E-state index is 13.0. The molecule has 6 heteroatoms. The summed E-state index contributed by atoms with van der Waals surface area (Å²) in [5, 5.41) is 6.29. The van der Waals surface area contributed by atoms with Gasteiger partial charge in [0, 0.05) is 24.8 Å². The number of rotatable bonds is 3. The van der Waals surface area contributed by atoms with Crippen LogP contribution in [0.2, 0.25) is 5.02 Å². The molecule has 0 radical (unpaired) electrons. The Bertz CT molecular complexity index is 748. The van der Waals surface area contributed by atoms with E-state index in [0.717, 1.165) is 38.3 Å². The number of carbonyl (C=O) groups is 2. The molecule has 1 aromatic rings. The van der Waals surface area contributed by atoms with Crippen LogP contribution in [-0.4, -0.2) is 36.0 Å². The molecule has 0 bridgehead atoms. The summed E-state index contributed by atoms with van der Waals surface area (Å²) in [5.74, 6) is 1.44. The second kappa shape index (κ2) is 9.38. The maximum absolute atomic E-state index is 13.0. The number of piperidine rings is 1. The van der Waals surface area contributed by atoms with Gasteiger partial charge >= 0.3 is 6.03 Å². The molecule has 1 heterocycles. The van der Waals surface area contributed by atoms with Gasteiger partial charge in [-0.15, -0.1) is 0 Å². The number of likely N-dealkylation sites (tertiary alicyclic amines) is 1. The van der Waals surface area contributed by atoms with E-state index >= 15 is 0 Å². The van der Waals surface area contributed by atoms with Crippen LogP contribution in [0.5, 0.6) is 0 Å². The first-order chi connectivity index (χ1) is 14.1. The molecule has 2 saturated carbocycles. The van der Waals surface area contributed by atoms with E-state index in [4.69, 9.17) is 11.6 Å². The number of carbonyl (C=O) groups excluding carboxylic acids is 2. The van der Waals surface area contributed by atoms with E-state index in [1.165, 1.54) is 44.9 Å². The van der Waals surface area contributed by atoms with Crippen LogP contribution in [0, 0.1) is 11.8 Å². The molecule has 4 rings (SSSR count). The van der Waals surface area contributed by atoms with Crippen molar-refractivity contribution < 1.29 is 9.59 Å². The third-order valence-electron chi connectivity index (χ3n) is 6.98. The van der Waals surface area contributed by atoms with Crippen molar-refractivity contribution >= 4 is 29.2 Å². The summed E-state index contributed by atoms with van der Waals surface area (Å²) >= 11 is 6.44. The lowest BCUT2D eigenvalue weighted by Crippen LogP contribution is -2.44. The number of urea groups is 1. The van der Waals surface area contributed by atoms with Crippen LogP contribution >= 0.6 is 11.6 Å². The number of anilines is 1. The van der Waals surface area contributed by atoms with Crippen molar-refractivity contribution in [1.29, 1.82) is 0 Å². The second-order valence-electron chi connectivity index (χ2n) is 8.97. The zero-order valence-corrected chi connectivity index (χ0v) is 17.8. The average molecular weight is 418 g/mol. The topological polar surface area (TPSA) is 61.4 Å². The van der Waals surface area contributed by atoms with Crippen LogP contribution < -0.4 is 10.6 Å². The zero-order valence-electron chi connectivity index (χ0n) is 17.1. The molecule has 1 saturated heterocycles. The van der Waals surface area contributed by atoms with E-state index < -0.39 is 0 Å². The van der Waals surface area contributed by atoms with Gasteiger partial charge < -0.3 is 15.5 Å². The molecule has 158 valence electrons. The molecule has 3 aliphatic rings. The standard InChI is InChI=1S/C23H32ClN3O2/c24-21-14-19(26-23(29)25-18-8-2-1-3-9-18)10-11-20(21)22(28)27-13-12-16-6-4-5-7-17(16)15-27/h10-11,14,16-18H,1-9,12-13,15H2,(H2,25,26,29)/t16-,17+/m0/s1. The summed E-state index contributed by atoms with van der Waals surface area (Å²) in [6.07, 6.45) is 12.0. The van der Waals surface area contributed by atoms with Crippen molar-refractivity contribution in [2.24, 2.45) is 11.8 Å². The first-order valence-electron chi connectivity index (χ1n) is 11.3. The molecule has 3 amide bonds. The number of hydrogen-bond donors (Lipinski definition) is 2. The number of nitrogens with zero attached hydrogens (tertiary/aromatic N) is 1. The minimum atomic E-state index is -0.202. The number of hydrogen-bond acceptors (Lipinski definition) is 2. The minimum Gasteiger partial charge on any atom is -0.338 e. The van der Waals surface area contributed by atoms with Crippen molar-refractivity contribution in [3.63, 3.8) is 0 Å². The predicted octanol–water partition coefficient (Wildman–Crippen LogP) is 5.45. The van der Waals surface area contributed by atoms with Gasteiger partial charge in [-0.25, -0.2) is 4.79 Å². The van der Waals surface area contributed by atoms with Gasteiger partial charge in [-0.2, -0.15) is 0 Å². The fraction of sp³-hybridized carbons (Fsp3) is 0.652. The van der Waals surface area contributed by atoms with Gasteiger partial charge in [-0.05, 0) is 55.7 Å². The Labute approximate surface area is 178 Å². The lowest BCUT2D eigenvalue weighted by molar-refractivity contribution is 0.0521. The third kappa shape index (κ3) is 5.06. The van der Waals surface area contributed by atoms with E-state index in [1.54, 1.807) is 18.2 Å². The first-order valence-corrected chi connectivity index (χ1v) is 11.6. The Morgan fingerprint density at radius 2 is 1.66 bits per heavy atom. The summed E-state index contributed by atoms with van der Waals surface area (Å²) in [6.45, 7) is 1.67. The largest absolute Gasteiger partial charge is 0.338 e. The summed E-state index contributed by atoms with van der Waals surface area (Å²) in [4.78, 5) is 27.3. The highest BCUT2D eigenvalue weighted by molar-refractivity contribution is 6.34. The van der Waals surface area contributed by atoms with E-state index in [2.05, 4.69) is 10.6 Å². The van der Waals surface area contributed by atoms with E-state index in [-0.39, 0.29) is 18.0 Å². The lowest BCUT2D eigenvalue weighted by Gasteiger charge is -2.41. The Hall–Kier alpha value is -1.75. The molecule has 3 fully saturated rings. The van der Waals surface area contributed by atoms with Crippen LogP contribution in [0.15, 0.2) is 18.2 Å². The summed E-state index contributed by atoms with van der Waals surface area (Å²) in [6, 6.07) is 5.25. The second-order valence-corrected chi connectivity index (χ2v) is 9.38. The van der Waals surface area contributed by atoms with E-state index in [9.17, 15) is 9.59 Å². The van der Waals surface area contributed by atoms with Gasteiger partial charge in [0.25, 0.3) is 5.91 Å². The van der Waals surface area contributed by atoms with E-state index in [0.29, 0.717) is 22.2 Å². The van der Waals surface area contributed by atoms with Crippen molar-refractivity contribution in [2.75, 3.05) is 18.4 Å². The van der Waals surface area contributed by atoms with E-state index in [1.807, 2.05) is 4.90 Å². The van der Waals surface area contributed by atoms with Gasteiger partial charge in [0.15, 0.2) is 0 Å². The van der Waals surface area contributed by atoms with Gasteiger partial charge in [0.05, 0.1) is 10.6 Å². The maximum Gasteiger partial charge on any atom is 0.319 e. The van der Waals surface area contributed by atoms with Crippen molar-refractivity contribution in [1.82, 2.24) is 10.2 Å². The van der Waals surface area contributed by atoms with Gasteiger partial charge in [-0.1, -0.05) is 50.1 Å². The van der Waals surface area contributed by atoms with Crippen molar-refractivity contribution in [3.8, 4) is 0 Å². The third-order valence-corrected chi connectivity index (χ3v) is 7.29. The van der Waals surface area contributed by atoms with Gasteiger partial charge in [0.1, 0.15) is 0 Å². The lowest BCUT2D eigenvalue weighted by atomic mass is 9.75. The highest BCUT2D eigenvalue weighted by atomic mass is 35.5. The molecule has 1 aliphatic heterocycles. The Morgan fingerprint density at radius 3 is 2.41 bits per heavy atom. The number of halogens is 1. The highest BCUT2D eigenvalue weighted by Crippen LogP contribution is 2.36. The summed E-state index contributed by atoms with van der Waals surface area (Å²) in [7, 11) is 0. The molecular formula is C23H32ClN3O2. The van der Waals surface area contributed by atoms with Crippen LogP contribution in [0.1, 0.15) is 74.6 Å². The fourth-order valence-electron chi connectivity index (χ4n) is 5.32. The molecule has 1 aromatic carbocycles. The quantitative estimate of drug-likeness (QED) is 0.687. The molecule has 2 aliphatic carbocycles. The molecule has 0 spiro atoms. The van der Waals surface area contributed by atoms with Crippen LogP contribution in [-0.2, 0) is 0 Å². The summed E-state index contributed by atoms with van der Waals surface area (Å²) < 4.78 is 0. The number of amides is 3. The number of fused-ring (bicyclic) bond motifs is 1. The molecule has 2 atom stereocenters. The Morgan fingerprint density at radius 1 is 0.931 bits per heavy atom. The minimum absolute atomic E-state index is 0.0113. The Kier molecular flexibility index (Phi) is 6.63. The van der Waals surface area contributed by atoms with Crippen LogP contribution in [0.4, 0.5) is 10.5 Å². The first kappa shape index (κ1) is 20.5. The number of nitrogens with one attached hydrogen (secondary N) is 2. The molecule has 5 nitrogen and oxygen atoms in total. The average Bonchev–Trinajstić information content (AvgIpc) is 2.73. The molecule has 0 unspecified atom stereocenters. The van der Waals surface area contributed by atoms with Crippen molar-refractivity contribution in [2.45, 2.75) is 70.3 Å². The predicted molar refractivity (Wildman–Crippen MR) is 116 cm³/mol. The Balaban J connectivity index is 1.35. The molecule has 0 aromatic heterocycles. The SMILES string of the molecule is O=C(Nc1ccc(C(=O)N2CC[C@@H]3CCCC[C@@H]3C2)c(Cl)c1)NC1CCCCC1.